The number of nitrogens with one attached hydrogen (secondary N) is 2. The fraction of sp³-hybridized carbons (Fsp3) is 0.0833. The highest BCUT2D eigenvalue weighted by Crippen LogP contribution is 2.25. The highest BCUT2D eigenvalue weighted by molar-refractivity contribution is 7.99. The van der Waals surface area contributed by atoms with Crippen LogP contribution in [-0.2, 0) is 11.3 Å². The van der Waals surface area contributed by atoms with Gasteiger partial charge in [-0.2, -0.15) is 0 Å². The van der Waals surface area contributed by atoms with Crippen LogP contribution in [0.15, 0.2) is 90.1 Å². The number of carbonyl (C=O) groups excluding carboxylic acids is 2. The molecular weight excluding hydrogens is 441 g/mol. The number of imide groups is 1. The summed E-state index contributed by atoms with van der Waals surface area (Å²) in [6.07, 6.45) is 0. The largest absolute Gasteiger partial charge is 0.325 e. The Labute approximate surface area is 194 Å². The second-order valence-corrected chi connectivity index (χ2v) is 7.98. The molecule has 0 radical (unpaired) electrons. The number of hydrogen-bond acceptors (Lipinski definition) is 5. The molecule has 1 aromatic heterocycles. The molecule has 0 fully saturated rings. The Kier molecular flexibility index (Phi) is 7.11. The molecule has 166 valence electrons. The molecule has 3 aromatic carbocycles. The zero-order valence-corrected chi connectivity index (χ0v) is 18.3. The molecule has 7 nitrogen and oxygen atoms in total. The number of halogens is 1. The summed E-state index contributed by atoms with van der Waals surface area (Å²) < 4.78 is 15.2. The average molecular weight is 462 g/mol. The summed E-state index contributed by atoms with van der Waals surface area (Å²) in [5.41, 5.74) is 2.31. The molecule has 0 saturated heterocycles. The zero-order chi connectivity index (χ0) is 23.0. The normalized spacial score (nSPS) is 10.6. The third-order valence-electron chi connectivity index (χ3n) is 4.62. The minimum atomic E-state index is -0.607. The predicted octanol–water partition coefficient (Wildman–Crippen LogP) is 4.57. The molecule has 2 N–H and O–H groups in total. The molecule has 0 aliphatic rings. The second kappa shape index (κ2) is 10.6. The Balaban J connectivity index is 1.46. The van der Waals surface area contributed by atoms with Gasteiger partial charge in [-0.25, -0.2) is 9.18 Å². The predicted molar refractivity (Wildman–Crippen MR) is 125 cm³/mol. The lowest BCUT2D eigenvalue weighted by molar-refractivity contribution is -0.117. The molecule has 0 unspecified atom stereocenters. The molecule has 4 rings (SSSR count). The van der Waals surface area contributed by atoms with E-state index < -0.39 is 11.9 Å². The quantitative estimate of drug-likeness (QED) is 0.394. The Morgan fingerprint density at radius 2 is 1.55 bits per heavy atom. The van der Waals surface area contributed by atoms with Crippen molar-refractivity contribution in [2.75, 3.05) is 11.1 Å². The lowest BCUT2D eigenvalue weighted by Gasteiger charge is -2.11. The highest BCUT2D eigenvalue weighted by atomic mass is 32.2. The third-order valence-corrected chi connectivity index (χ3v) is 5.59. The van der Waals surface area contributed by atoms with Gasteiger partial charge in [-0.3, -0.25) is 14.7 Å². The number of thioether (sulfide) groups is 1. The van der Waals surface area contributed by atoms with Crippen LogP contribution in [0.4, 0.5) is 14.9 Å². The number of rotatable bonds is 7. The van der Waals surface area contributed by atoms with Gasteiger partial charge in [0.15, 0.2) is 11.0 Å². The number of para-hydroxylation sites is 1. The monoisotopic (exact) mass is 461 g/mol. The number of aromatic nitrogens is 3. The molecule has 0 saturated carbocycles. The van der Waals surface area contributed by atoms with Gasteiger partial charge in [-0.05, 0) is 42.0 Å². The van der Waals surface area contributed by atoms with Crippen LogP contribution in [0.5, 0.6) is 0 Å². The van der Waals surface area contributed by atoms with E-state index in [9.17, 15) is 14.0 Å². The summed E-state index contributed by atoms with van der Waals surface area (Å²) in [5.74, 6) is -0.277. The van der Waals surface area contributed by atoms with E-state index in [1.165, 1.54) is 12.1 Å². The smallest absolute Gasteiger partial charge is 0.308 e. The summed E-state index contributed by atoms with van der Waals surface area (Å²) in [5, 5.41) is 13.9. The maximum atomic E-state index is 13.4. The van der Waals surface area contributed by atoms with Crippen molar-refractivity contribution in [3.8, 4) is 11.4 Å². The maximum Gasteiger partial charge on any atom is 0.325 e. The first kappa shape index (κ1) is 22.2. The molecule has 0 aliphatic carbocycles. The Bertz CT molecular complexity index is 1230. The van der Waals surface area contributed by atoms with Crippen LogP contribution >= 0.6 is 11.8 Å². The molecule has 0 bridgehead atoms. The number of hydrogen-bond donors (Lipinski definition) is 2. The van der Waals surface area contributed by atoms with E-state index in [4.69, 9.17) is 0 Å². The van der Waals surface area contributed by atoms with Crippen molar-refractivity contribution in [1.29, 1.82) is 0 Å². The van der Waals surface area contributed by atoms with Gasteiger partial charge in [-0.1, -0.05) is 60.3 Å². The summed E-state index contributed by atoms with van der Waals surface area (Å²) >= 11 is 1.16. The van der Waals surface area contributed by atoms with Crippen molar-refractivity contribution in [3.63, 3.8) is 0 Å². The molecule has 4 aromatic rings. The van der Waals surface area contributed by atoms with Crippen LogP contribution < -0.4 is 10.6 Å². The van der Waals surface area contributed by atoms with Gasteiger partial charge in [-0.15, -0.1) is 10.2 Å². The standard InChI is InChI=1S/C24H20FN5O2S/c25-19-13-11-18(12-14-19)22-28-29-24(30(22)15-17-7-3-1-4-8-17)33-16-21(31)27-23(32)26-20-9-5-2-6-10-20/h1-14H,15-16H2,(H2,26,27,31,32). The Hall–Kier alpha value is -3.98. The van der Waals surface area contributed by atoms with Gasteiger partial charge >= 0.3 is 6.03 Å². The van der Waals surface area contributed by atoms with Gasteiger partial charge in [0.05, 0.1) is 12.3 Å². The fourth-order valence-electron chi connectivity index (χ4n) is 3.09. The van der Waals surface area contributed by atoms with Gasteiger partial charge in [0.2, 0.25) is 5.91 Å². The number of nitrogens with zero attached hydrogens (tertiary/aromatic N) is 3. The van der Waals surface area contributed by atoms with E-state index in [1.807, 2.05) is 41.0 Å². The number of benzene rings is 3. The van der Waals surface area contributed by atoms with Crippen molar-refractivity contribution in [3.05, 3.63) is 96.3 Å². The van der Waals surface area contributed by atoms with Gasteiger partial charge in [0.25, 0.3) is 0 Å². The van der Waals surface area contributed by atoms with E-state index in [2.05, 4.69) is 20.8 Å². The molecule has 0 spiro atoms. The van der Waals surface area contributed by atoms with E-state index in [0.29, 0.717) is 28.8 Å². The highest BCUT2D eigenvalue weighted by Gasteiger charge is 2.17. The number of carbonyl (C=O) groups is 2. The van der Waals surface area contributed by atoms with Crippen molar-refractivity contribution in [2.24, 2.45) is 0 Å². The van der Waals surface area contributed by atoms with Crippen molar-refractivity contribution in [1.82, 2.24) is 20.1 Å². The van der Waals surface area contributed by atoms with E-state index in [0.717, 1.165) is 17.3 Å². The lowest BCUT2D eigenvalue weighted by atomic mass is 10.2. The third kappa shape index (κ3) is 6.05. The molecular formula is C24H20FN5O2S. The molecule has 9 heteroatoms. The van der Waals surface area contributed by atoms with Crippen LogP contribution in [0.2, 0.25) is 0 Å². The SMILES string of the molecule is O=C(CSc1nnc(-c2ccc(F)cc2)n1Cc1ccccc1)NC(=O)Nc1ccccc1. The molecule has 0 atom stereocenters. The summed E-state index contributed by atoms with van der Waals surface area (Å²) in [6, 6.07) is 24.0. The number of urea groups is 1. The van der Waals surface area contributed by atoms with Crippen LogP contribution in [0.1, 0.15) is 5.56 Å². The van der Waals surface area contributed by atoms with Gasteiger partial charge < -0.3 is 5.32 Å². The van der Waals surface area contributed by atoms with Gasteiger partial charge in [0.1, 0.15) is 5.82 Å². The first-order valence-corrected chi connectivity index (χ1v) is 11.1. The topological polar surface area (TPSA) is 88.9 Å². The van der Waals surface area contributed by atoms with Crippen LogP contribution in [0.3, 0.4) is 0 Å². The first-order valence-electron chi connectivity index (χ1n) is 10.1. The maximum absolute atomic E-state index is 13.4. The van der Waals surface area contributed by atoms with Crippen LogP contribution in [0.25, 0.3) is 11.4 Å². The summed E-state index contributed by atoms with van der Waals surface area (Å²) in [6.45, 7) is 0.471. The van der Waals surface area contributed by atoms with Crippen LogP contribution in [0, 0.1) is 5.82 Å². The fourth-order valence-corrected chi connectivity index (χ4v) is 3.83. The Morgan fingerprint density at radius 3 is 2.24 bits per heavy atom. The molecule has 0 aliphatic heterocycles. The van der Waals surface area contributed by atoms with Crippen molar-refractivity contribution < 1.29 is 14.0 Å². The van der Waals surface area contributed by atoms with Crippen LogP contribution in [-0.4, -0.2) is 32.5 Å². The van der Waals surface area contributed by atoms with E-state index in [-0.39, 0.29) is 11.6 Å². The van der Waals surface area contributed by atoms with Crippen molar-refractivity contribution in [2.45, 2.75) is 11.7 Å². The number of amides is 3. The zero-order valence-electron chi connectivity index (χ0n) is 17.4. The molecule has 1 heterocycles. The number of anilines is 1. The Morgan fingerprint density at radius 1 is 0.879 bits per heavy atom. The molecule has 33 heavy (non-hydrogen) atoms. The van der Waals surface area contributed by atoms with E-state index >= 15 is 0 Å². The van der Waals surface area contributed by atoms with Crippen molar-refractivity contribution >= 4 is 29.4 Å². The second-order valence-electron chi connectivity index (χ2n) is 7.04. The first-order chi connectivity index (χ1) is 16.1. The van der Waals surface area contributed by atoms with E-state index in [1.54, 1.807) is 36.4 Å². The summed E-state index contributed by atoms with van der Waals surface area (Å²) in [4.78, 5) is 24.4. The lowest BCUT2D eigenvalue weighted by Crippen LogP contribution is -2.35. The minimum Gasteiger partial charge on any atom is -0.308 e. The molecule has 3 amide bonds. The summed E-state index contributed by atoms with van der Waals surface area (Å²) in [7, 11) is 0. The average Bonchev–Trinajstić information content (AvgIpc) is 3.21. The van der Waals surface area contributed by atoms with Gasteiger partial charge in [0, 0.05) is 11.3 Å². The minimum absolute atomic E-state index is 0.0292.